The maximum Gasteiger partial charge on any atom is 0.226 e. The highest BCUT2D eigenvalue weighted by Gasteiger charge is 2.33. The summed E-state index contributed by atoms with van der Waals surface area (Å²) in [4.78, 5) is 17.9. The second-order valence-corrected chi connectivity index (χ2v) is 5.33. The van der Waals surface area contributed by atoms with Crippen LogP contribution < -0.4 is 10.2 Å². The number of halogens is 1. The van der Waals surface area contributed by atoms with Crippen molar-refractivity contribution in [1.29, 1.82) is 0 Å². The SMILES string of the molecule is CNC(=O)C1CN(c2nc3ccc(F)cc3s2)C1. The van der Waals surface area contributed by atoms with Gasteiger partial charge < -0.3 is 10.2 Å². The van der Waals surface area contributed by atoms with Crippen molar-refractivity contribution in [3.05, 3.63) is 24.0 Å². The average Bonchev–Trinajstić information content (AvgIpc) is 2.69. The lowest BCUT2D eigenvalue weighted by molar-refractivity contribution is -0.125. The number of carbonyl (C=O) groups excluding carboxylic acids is 1. The van der Waals surface area contributed by atoms with Gasteiger partial charge in [0.25, 0.3) is 0 Å². The molecule has 0 atom stereocenters. The molecule has 6 heteroatoms. The highest BCUT2D eigenvalue weighted by Crippen LogP contribution is 2.33. The third-order valence-corrected chi connectivity index (χ3v) is 4.19. The zero-order valence-corrected chi connectivity index (χ0v) is 10.6. The van der Waals surface area contributed by atoms with Crippen LogP contribution in [0.25, 0.3) is 10.2 Å². The van der Waals surface area contributed by atoms with Gasteiger partial charge in [-0.25, -0.2) is 9.37 Å². The number of nitrogens with one attached hydrogen (secondary N) is 1. The summed E-state index contributed by atoms with van der Waals surface area (Å²) in [6.07, 6.45) is 0. The summed E-state index contributed by atoms with van der Waals surface area (Å²) < 4.78 is 13.9. The zero-order valence-electron chi connectivity index (χ0n) is 9.81. The van der Waals surface area contributed by atoms with Gasteiger partial charge in [0.2, 0.25) is 5.91 Å². The monoisotopic (exact) mass is 265 g/mol. The lowest BCUT2D eigenvalue weighted by Gasteiger charge is -2.37. The fourth-order valence-corrected chi connectivity index (χ4v) is 3.03. The van der Waals surface area contributed by atoms with E-state index in [0.29, 0.717) is 13.1 Å². The molecule has 1 aliphatic heterocycles. The highest BCUT2D eigenvalue weighted by molar-refractivity contribution is 7.22. The van der Waals surface area contributed by atoms with Crippen LogP contribution in [-0.2, 0) is 4.79 Å². The van der Waals surface area contributed by atoms with Gasteiger partial charge in [-0.3, -0.25) is 4.79 Å². The molecule has 2 heterocycles. The minimum Gasteiger partial charge on any atom is -0.359 e. The molecule has 1 fully saturated rings. The number of amides is 1. The van der Waals surface area contributed by atoms with Gasteiger partial charge in [-0.2, -0.15) is 0 Å². The van der Waals surface area contributed by atoms with Gasteiger partial charge in [-0.05, 0) is 18.2 Å². The van der Waals surface area contributed by atoms with Crippen LogP contribution in [0.4, 0.5) is 9.52 Å². The molecule has 0 unspecified atom stereocenters. The standard InChI is InChI=1S/C12H12FN3OS/c1-14-11(17)7-5-16(6-7)12-15-9-3-2-8(13)4-10(9)18-12/h2-4,7H,5-6H2,1H3,(H,14,17). The fourth-order valence-electron chi connectivity index (χ4n) is 2.03. The Morgan fingerprint density at radius 2 is 2.33 bits per heavy atom. The van der Waals surface area contributed by atoms with Crippen molar-refractivity contribution in [2.24, 2.45) is 5.92 Å². The second-order valence-electron chi connectivity index (χ2n) is 4.32. The van der Waals surface area contributed by atoms with Crippen molar-refractivity contribution in [1.82, 2.24) is 10.3 Å². The lowest BCUT2D eigenvalue weighted by atomic mass is 10.0. The first-order valence-electron chi connectivity index (χ1n) is 5.70. The predicted octanol–water partition coefficient (Wildman–Crippen LogP) is 1.62. The van der Waals surface area contributed by atoms with Crippen molar-refractivity contribution in [2.75, 3.05) is 25.0 Å². The molecule has 1 aromatic carbocycles. The van der Waals surface area contributed by atoms with Crippen LogP contribution in [0, 0.1) is 11.7 Å². The minimum absolute atomic E-state index is 0.0405. The van der Waals surface area contributed by atoms with Crippen LogP contribution in [0.5, 0.6) is 0 Å². The highest BCUT2D eigenvalue weighted by atomic mass is 32.1. The zero-order chi connectivity index (χ0) is 12.7. The van der Waals surface area contributed by atoms with Gasteiger partial charge in [0.1, 0.15) is 5.82 Å². The number of hydrogen-bond acceptors (Lipinski definition) is 4. The molecule has 0 bridgehead atoms. The van der Waals surface area contributed by atoms with Crippen LogP contribution in [0.2, 0.25) is 0 Å². The van der Waals surface area contributed by atoms with E-state index >= 15 is 0 Å². The second kappa shape index (κ2) is 4.20. The molecule has 94 valence electrons. The van der Waals surface area contributed by atoms with Crippen molar-refractivity contribution >= 4 is 32.6 Å². The Kier molecular flexibility index (Phi) is 2.66. The van der Waals surface area contributed by atoms with E-state index in [9.17, 15) is 9.18 Å². The van der Waals surface area contributed by atoms with E-state index in [1.807, 2.05) is 4.90 Å². The van der Waals surface area contributed by atoms with E-state index in [1.54, 1.807) is 13.1 Å². The maximum atomic E-state index is 13.1. The Bertz CT molecular complexity index is 606. The first-order chi connectivity index (χ1) is 8.67. The van der Waals surface area contributed by atoms with Crippen LogP contribution in [0.1, 0.15) is 0 Å². The first kappa shape index (κ1) is 11.4. The largest absolute Gasteiger partial charge is 0.359 e. The number of nitrogens with zero attached hydrogens (tertiary/aromatic N) is 2. The Labute approximate surface area is 107 Å². The van der Waals surface area contributed by atoms with Crippen LogP contribution in [0.3, 0.4) is 0 Å². The number of fused-ring (bicyclic) bond motifs is 1. The molecule has 1 saturated heterocycles. The summed E-state index contributed by atoms with van der Waals surface area (Å²) in [6.45, 7) is 1.37. The van der Waals surface area contributed by atoms with Gasteiger partial charge in [0.15, 0.2) is 5.13 Å². The van der Waals surface area contributed by atoms with Crippen molar-refractivity contribution in [3.8, 4) is 0 Å². The molecule has 0 saturated carbocycles. The number of rotatable bonds is 2. The Morgan fingerprint density at radius 1 is 1.56 bits per heavy atom. The quantitative estimate of drug-likeness (QED) is 0.897. The Hall–Kier alpha value is -1.69. The lowest BCUT2D eigenvalue weighted by Crippen LogP contribution is -2.53. The molecule has 1 N–H and O–H groups in total. The molecule has 3 rings (SSSR count). The topological polar surface area (TPSA) is 45.2 Å². The smallest absolute Gasteiger partial charge is 0.226 e. The number of benzene rings is 1. The molecule has 4 nitrogen and oxygen atoms in total. The number of carbonyl (C=O) groups is 1. The summed E-state index contributed by atoms with van der Waals surface area (Å²) in [6, 6.07) is 4.59. The van der Waals surface area contributed by atoms with Crippen molar-refractivity contribution < 1.29 is 9.18 Å². The van der Waals surface area contributed by atoms with Crippen LogP contribution in [-0.4, -0.2) is 31.0 Å². The summed E-state index contributed by atoms with van der Waals surface area (Å²) in [7, 11) is 1.64. The molecular formula is C12H12FN3OS. The Balaban J connectivity index is 1.79. The number of aromatic nitrogens is 1. The predicted molar refractivity (Wildman–Crippen MR) is 69.3 cm³/mol. The summed E-state index contributed by atoms with van der Waals surface area (Å²) in [5.41, 5.74) is 0.805. The van der Waals surface area contributed by atoms with Gasteiger partial charge >= 0.3 is 0 Å². The van der Waals surface area contributed by atoms with E-state index < -0.39 is 0 Å². The van der Waals surface area contributed by atoms with Gasteiger partial charge in [0.05, 0.1) is 16.1 Å². The molecule has 2 aromatic rings. The van der Waals surface area contributed by atoms with E-state index in [2.05, 4.69) is 10.3 Å². The van der Waals surface area contributed by atoms with Crippen LogP contribution in [0.15, 0.2) is 18.2 Å². The van der Waals surface area contributed by atoms with E-state index in [1.165, 1.54) is 23.5 Å². The molecule has 1 aromatic heterocycles. The Morgan fingerprint density at radius 3 is 3.06 bits per heavy atom. The summed E-state index contributed by atoms with van der Waals surface area (Å²) in [5, 5.41) is 3.50. The van der Waals surface area contributed by atoms with Gasteiger partial charge in [-0.1, -0.05) is 11.3 Å². The first-order valence-corrected chi connectivity index (χ1v) is 6.51. The number of anilines is 1. The summed E-state index contributed by atoms with van der Waals surface area (Å²) in [5.74, 6) is -0.137. The third-order valence-electron chi connectivity index (χ3n) is 3.11. The van der Waals surface area contributed by atoms with Crippen molar-refractivity contribution in [2.45, 2.75) is 0 Å². The average molecular weight is 265 g/mol. The fraction of sp³-hybridized carbons (Fsp3) is 0.333. The molecule has 18 heavy (non-hydrogen) atoms. The molecular weight excluding hydrogens is 253 g/mol. The van der Waals surface area contributed by atoms with Gasteiger partial charge in [-0.15, -0.1) is 0 Å². The van der Waals surface area contributed by atoms with E-state index in [-0.39, 0.29) is 17.6 Å². The summed E-state index contributed by atoms with van der Waals surface area (Å²) >= 11 is 1.46. The molecule has 0 radical (unpaired) electrons. The normalized spacial score (nSPS) is 15.8. The van der Waals surface area contributed by atoms with E-state index in [0.717, 1.165) is 15.3 Å². The van der Waals surface area contributed by atoms with E-state index in [4.69, 9.17) is 0 Å². The van der Waals surface area contributed by atoms with Gasteiger partial charge in [0, 0.05) is 20.1 Å². The van der Waals surface area contributed by atoms with Crippen molar-refractivity contribution in [3.63, 3.8) is 0 Å². The number of thiazole rings is 1. The molecule has 0 aliphatic carbocycles. The molecule has 1 amide bonds. The maximum absolute atomic E-state index is 13.1. The molecule has 1 aliphatic rings. The minimum atomic E-state index is -0.246. The number of hydrogen-bond donors (Lipinski definition) is 1. The molecule has 0 spiro atoms. The van der Waals surface area contributed by atoms with Crippen LogP contribution >= 0.6 is 11.3 Å². The third kappa shape index (κ3) is 1.82.